The maximum absolute atomic E-state index is 12.5. The largest absolute Gasteiger partial charge is 0.399 e. The van der Waals surface area contributed by atoms with E-state index in [9.17, 15) is 8.42 Å². The molecule has 1 aromatic carbocycles. The molecule has 118 valence electrons. The van der Waals surface area contributed by atoms with Gasteiger partial charge in [-0.05, 0) is 51.0 Å². The Hall–Kier alpha value is -0.720. The highest BCUT2D eigenvalue weighted by molar-refractivity contribution is 8.00. The van der Waals surface area contributed by atoms with Crippen molar-refractivity contribution in [1.29, 1.82) is 0 Å². The molecule has 0 unspecified atom stereocenters. The number of sulfonamides is 1. The minimum Gasteiger partial charge on any atom is -0.399 e. The third-order valence-corrected chi connectivity index (χ3v) is 7.28. The lowest BCUT2D eigenvalue weighted by Crippen LogP contribution is -2.48. The van der Waals surface area contributed by atoms with Gasteiger partial charge >= 0.3 is 0 Å². The SMILES string of the molecule is C[C@@H]1CCC[C@H](C)N1S(=O)(=O)CCSc1ccc(N)cc1. The summed E-state index contributed by atoms with van der Waals surface area (Å²) < 4.78 is 26.8. The molecule has 0 spiro atoms. The summed E-state index contributed by atoms with van der Waals surface area (Å²) in [5.41, 5.74) is 6.37. The zero-order chi connectivity index (χ0) is 15.5. The highest BCUT2D eigenvalue weighted by Gasteiger charge is 2.33. The minimum atomic E-state index is -3.17. The lowest BCUT2D eigenvalue weighted by molar-refractivity contribution is 0.204. The van der Waals surface area contributed by atoms with Gasteiger partial charge in [0.05, 0.1) is 5.75 Å². The van der Waals surface area contributed by atoms with Crippen molar-refractivity contribution in [1.82, 2.24) is 4.31 Å². The first-order valence-corrected chi connectivity index (χ1v) is 9.99. The number of anilines is 1. The molecule has 2 N–H and O–H groups in total. The highest BCUT2D eigenvalue weighted by Crippen LogP contribution is 2.27. The summed E-state index contributed by atoms with van der Waals surface area (Å²) in [4.78, 5) is 1.05. The second-order valence-corrected chi connectivity index (χ2v) is 8.85. The topological polar surface area (TPSA) is 63.4 Å². The average molecular weight is 329 g/mol. The molecular weight excluding hydrogens is 304 g/mol. The molecule has 6 heteroatoms. The van der Waals surface area contributed by atoms with Crippen LogP contribution in [0.25, 0.3) is 0 Å². The Morgan fingerprint density at radius 1 is 1.19 bits per heavy atom. The maximum Gasteiger partial charge on any atom is 0.215 e. The second-order valence-electron chi connectivity index (χ2n) is 5.69. The molecule has 4 nitrogen and oxygen atoms in total. The number of nitrogens with zero attached hydrogens (tertiary/aromatic N) is 1. The fourth-order valence-electron chi connectivity index (χ4n) is 2.88. The van der Waals surface area contributed by atoms with Crippen molar-refractivity contribution in [2.45, 2.75) is 50.1 Å². The molecule has 2 rings (SSSR count). The van der Waals surface area contributed by atoms with Crippen LogP contribution >= 0.6 is 11.8 Å². The zero-order valence-electron chi connectivity index (χ0n) is 12.7. The summed E-state index contributed by atoms with van der Waals surface area (Å²) in [5, 5.41) is 0. The van der Waals surface area contributed by atoms with Gasteiger partial charge < -0.3 is 5.73 Å². The van der Waals surface area contributed by atoms with Crippen molar-refractivity contribution < 1.29 is 8.42 Å². The average Bonchev–Trinajstić information content (AvgIpc) is 2.40. The van der Waals surface area contributed by atoms with Crippen LogP contribution in [0.4, 0.5) is 5.69 Å². The lowest BCUT2D eigenvalue weighted by atomic mass is 10.0. The molecular formula is C15H24N2O2S2. The van der Waals surface area contributed by atoms with Gasteiger partial charge in [-0.2, -0.15) is 4.31 Å². The molecule has 0 aliphatic carbocycles. The van der Waals surface area contributed by atoms with E-state index in [0.29, 0.717) is 5.75 Å². The molecule has 0 aromatic heterocycles. The van der Waals surface area contributed by atoms with Gasteiger partial charge in [0, 0.05) is 28.4 Å². The summed E-state index contributed by atoms with van der Waals surface area (Å²) in [6.07, 6.45) is 3.05. The van der Waals surface area contributed by atoms with Crippen molar-refractivity contribution in [3.8, 4) is 0 Å². The van der Waals surface area contributed by atoms with Crippen molar-refractivity contribution >= 4 is 27.5 Å². The van der Waals surface area contributed by atoms with E-state index in [-0.39, 0.29) is 17.8 Å². The number of nitrogens with two attached hydrogens (primary N) is 1. The highest BCUT2D eigenvalue weighted by atomic mass is 32.2. The number of thioether (sulfide) groups is 1. The number of piperidine rings is 1. The monoisotopic (exact) mass is 328 g/mol. The predicted molar refractivity (Wildman–Crippen MR) is 90.0 cm³/mol. The van der Waals surface area contributed by atoms with Crippen LogP contribution in [0, 0.1) is 0 Å². The number of hydrogen-bond acceptors (Lipinski definition) is 4. The standard InChI is InChI=1S/C15H24N2O2S2/c1-12-4-3-5-13(2)17(12)21(18,19)11-10-20-15-8-6-14(16)7-9-15/h6-9,12-13H,3-5,10-11,16H2,1-2H3/t12-,13+. The smallest absolute Gasteiger partial charge is 0.215 e. The van der Waals surface area contributed by atoms with Crippen LogP contribution in [0.3, 0.4) is 0 Å². The van der Waals surface area contributed by atoms with Crippen LogP contribution in [0.1, 0.15) is 33.1 Å². The molecule has 1 aromatic rings. The van der Waals surface area contributed by atoms with E-state index in [1.807, 2.05) is 38.1 Å². The molecule has 1 saturated heterocycles. The van der Waals surface area contributed by atoms with Crippen LogP contribution in [0.15, 0.2) is 29.2 Å². The summed E-state index contributed by atoms with van der Waals surface area (Å²) in [5.74, 6) is 0.763. The zero-order valence-corrected chi connectivity index (χ0v) is 14.3. The summed E-state index contributed by atoms with van der Waals surface area (Å²) >= 11 is 1.56. The molecule has 1 aliphatic heterocycles. The van der Waals surface area contributed by atoms with E-state index < -0.39 is 10.0 Å². The van der Waals surface area contributed by atoms with E-state index in [4.69, 9.17) is 5.73 Å². The van der Waals surface area contributed by atoms with Crippen molar-refractivity contribution in [2.24, 2.45) is 0 Å². The Labute approximate surface area is 132 Å². The van der Waals surface area contributed by atoms with E-state index >= 15 is 0 Å². The molecule has 21 heavy (non-hydrogen) atoms. The summed E-state index contributed by atoms with van der Waals surface area (Å²) in [7, 11) is -3.17. The van der Waals surface area contributed by atoms with Crippen LogP contribution in [-0.4, -0.2) is 36.3 Å². The first kappa shape index (κ1) is 16.6. The van der Waals surface area contributed by atoms with Crippen LogP contribution in [0.5, 0.6) is 0 Å². The Kier molecular flexibility index (Phi) is 5.57. The predicted octanol–water partition coefficient (Wildman–Crippen LogP) is 2.95. The van der Waals surface area contributed by atoms with Gasteiger partial charge in [-0.25, -0.2) is 8.42 Å². The first-order valence-electron chi connectivity index (χ1n) is 7.40. The summed E-state index contributed by atoms with van der Waals surface area (Å²) in [6.45, 7) is 4.03. The molecule has 0 amide bonds. The van der Waals surface area contributed by atoms with E-state index in [2.05, 4.69) is 0 Å². The molecule has 0 radical (unpaired) electrons. The van der Waals surface area contributed by atoms with Gasteiger partial charge in [0.25, 0.3) is 0 Å². The Morgan fingerprint density at radius 3 is 2.33 bits per heavy atom. The van der Waals surface area contributed by atoms with Gasteiger partial charge in [0.1, 0.15) is 0 Å². The summed E-state index contributed by atoms with van der Waals surface area (Å²) in [6, 6.07) is 7.79. The Bertz CT molecular complexity index is 548. The van der Waals surface area contributed by atoms with Crippen LogP contribution < -0.4 is 5.73 Å². The molecule has 1 aliphatic rings. The van der Waals surface area contributed by atoms with Crippen molar-refractivity contribution in [2.75, 3.05) is 17.2 Å². The quantitative estimate of drug-likeness (QED) is 0.667. The third-order valence-electron chi connectivity index (χ3n) is 3.92. The van der Waals surface area contributed by atoms with Gasteiger partial charge in [0.2, 0.25) is 10.0 Å². The van der Waals surface area contributed by atoms with Crippen molar-refractivity contribution in [3.63, 3.8) is 0 Å². The fraction of sp³-hybridized carbons (Fsp3) is 0.600. The number of benzene rings is 1. The van der Waals surface area contributed by atoms with E-state index in [1.165, 1.54) is 0 Å². The Morgan fingerprint density at radius 2 is 1.76 bits per heavy atom. The minimum absolute atomic E-state index is 0.125. The van der Waals surface area contributed by atoms with Gasteiger partial charge in [-0.15, -0.1) is 11.8 Å². The molecule has 1 heterocycles. The molecule has 0 saturated carbocycles. The molecule has 2 atom stereocenters. The second kappa shape index (κ2) is 7.03. The Balaban J connectivity index is 1.93. The lowest BCUT2D eigenvalue weighted by Gasteiger charge is -2.37. The molecule has 1 fully saturated rings. The van der Waals surface area contributed by atoms with E-state index in [1.54, 1.807) is 16.1 Å². The fourth-order valence-corrected chi connectivity index (χ4v) is 6.14. The normalized spacial score (nSPS) is 24.1. The number of rotatable bonds is 5. The third kappa shape index (κ3) is 4.37. The first-order chi connectivity index (χ1) is 9.90. The van der Waals surface area contributed by atoms with Gasteiger partial charge in [-0.1, -0.05) is 6.42 Å². The number of hydrogen-bond donors (Lipinski definition) is 1. The van der Waals surface area contributed by atoms with Crippen LogP contribution in [0.2, 0.25) is 0 Å². The maximum atomic E-state index is 12.5. The van der Waals surface area contributed by atoms with Gasteiger partial charge in [-0.3, -0.25) is 0 Å². The van der Waals surface area contributed by atoms with Crippen molar-refractivity contribution in [3.05, 3.63) is 24.3 Å². The van der Waals surface area contributed by atoms with Gasteiger partial charge in [0.15, 0.2) is 0 Å². The van der Waals surface area contributed by atoms with E-state index in [0.717, 1.165) is 29.8 Å². The number of nitrogen functional groups attached to an aromatic ring is 1. The molecule has 0 bridgehead atoms. The van der Waals surface area contributed by atoms with Crippen LogP contribution in [-0.2, 0) is 10.0 Å².